The van der Waals surface area contributed by atoms with Crippen molar-refractivity contribution in [3.63, 3.8) is 0 Å². The number of hydrogen-bond acceptors (Lipinski definition) is 4. The van der Waals surface area contributed by atoms with Crippen molar-refractivity contribution in [3.05, 3.63) is 96.2 Å². The van der Waals surface area contributed by atoms with Crippen molar-refractivity contribution in [1.82, 2.24) is 4.98 Å². The highest BCUT2D eigenvalue weighted by Crippen LogP contribution is 2.23. The van der Waals surface area contributed by atoms with Crippen molar-refractivity contribution in [3.8, 4) is 11.1 Å². The Morgan fingerprint density at radius 2 is 1.67 bits per heavy atom. The first-order chi connectivity index (χ1) is 13.2. The molecule has 0 amide bonds. The van der Waals surface area contributed by atoms with Gasteiger partial charge in [-0.05, 0) is 47.0 Å². The molecule has 2 N–H and O–H groups in total. The lowest BCUT2D eigenvalue weighted by Crippen LogP contribution is -2.06. The molecule has 1 heterocycles. The first kappa shape index (κ1) is 16.8. The lowest BCUT2D eigenvalue weighted by Gasteiger charge is -2.08. The molecule has 0 aliphatic carbocycles. The Kier molecular flexibility index (Phi) is 4.54. The number of rotatable bonds is 4. The number of pyridine rings is 1. The fourth-order valence-electron chi connectivity index (χ4n) is 2.97. The molecule has 0 fully saturated rings. The molecule has 0 aliphatic heterocycles. The van der Waals surface area contributed by atoms with Gasteiger partial charge in [0.25, 0.3) is 0 Å². The number of nitrogens with two attached hydrogens (primary N) is 1. The molecular formula is C23H18N2O2. The van der Waals surface area contributed by atoms with E-state index >= 15 is 0 Å². The Morgan fingerprint density at radius 3 is 2.52 bits per heavy atom. The van der Waals surface area contributed by atoms with Crippen molar-refractivity contribution >= 4 is 22.6 Å². The summed E-state index contributed by atoms with van der Waals surface area (Å²) in [5.74, 6) is -0.386. The van der Waals surface area contributed by atoms with Gasteiger partial charge >= 0.3 is 5.97 Å². The molecule has 3 aromatic carbocycles. The number of esters is 1. The van der Waals surface area contributed by atoms with E-state index in [1.807, 2.05) is 72.8 Å². The van der Waals surface area contributed by atoms with Crippen LogP contribution in [0.5, 0.6) is 0 Å². The maximum Gasteiger partial charge on any atom is 0.340 e. The van der Waals surface area contributed by atoms with E-state index in [2.05, 4.69) is 4.98 Å². The molecule has 0 saturated carbocycles. The molecule has 0 radical (unpaired) electrons. The molecule has 4 heteroatoms. The summed E-state index contributed by atoms with van der Waals surface area (Å²) in [6, 6.07) is 25.1. The van der Waals surface area contributed by atoms with E-state index in [0.29, 0.717) is 11.3 Å². The zero-order chi connectivity index (χ0) is 18.6. The maximum absolute atomic E-state index is 12.4. The number of nitrogens with zero attached hydrogens (tertiary/aromatic N) is 1. The number of nitrogen functional groups attached to an aromatic ring is 1. The summed E-state index contributed by atoms with van der Waals surface area (Å²) < 4.78 is 5.47. The molecule has 4 rings (SSSR count). The van der Waals surface area contributed by atoms with Crippen LogP contribution in [0, 0.1) is 0 Å². The largest absolute Gasteiger partial charge is 0.457 e. The molecule has 0 saturated heterocycles. The number of hydrogen-bond donors (Lipinski definition) is 1. The van der Waals surface area contributed by atoms with Crippen LogP contribution in [0.4, 0.5) is 5.69 Å². The van der Waals surface area contributed by atoms with E-state index in [1.54, 1.807) is 12.3 Å². The van der Waals surface area contributed by atoms with Gasteiger partial charge in [-0.15, -0.1) is 0 Å². The highest BCUT2D eigenvalue weighted by atomic mass is 16.5. The van der Waals surface area contributed by atoms with Gasteiger partial charge in [0.05, 0.1) is 11.1 Å². The van der Waals surface area contributed by atoms with Crippen LogP contribution in [0.25, 0.3) is 22.0 Å². The number of carbonyl (C=O) groups excluding carboxylic acids is 1. The first-order valence-corrected chi connectivity index (χ1v) is 8.66. The lowest BCUT2D eigenvalue weighted by molar-refractivity contribution is 0.0472. The normalized spacial score (nSPS) is 10.7. The van der Waals surface area contributed by atoms with Gasteiger partial charge in [0.15, 0.2) is 0 Å². The number of fused-ring (bicyclic) bond motifs is 1. The predicted octanol–water partition coefficient (Wildman–Crippen LogP) is 4.84. The van der Waals surface area contributed by atoms with Crippen LogP contribution in [0.2, 0.25) is 0 Å². The second-order valence-electron chi connectivity index (χ2n) is 6.32. The average molecular weight is 354 g/mol. The van der Waals surface area contributed by atoms with Crippen molar-refractivity contribution in [2.45, 2.75) is 6.61 Å². The first-order valence-electron chi connectivity index (χ1n) is 8.66. The van der Waals surface area contributed by atoms with Crippen LogP contribution >= 0.6 is 0 Å². The quantitative estimate of drug-likeness (QED) is 0.421. The van der Waals surface area contributed by atoms with Crippen LogP contribution in [-0.2, 0) is 11.3 Å². The Bertz CT molecular complexity index is 1120. The van der Waals surface area contributed by atoms with Crippen molar-refractivity contribution < 1.29 is 9.53 Å². The molecule has 0 unspecified atom stereocenters. The third kappa shape index (κ3) is 3.80. The topological polar surface area (TPSA) is 65.2 Å². The standard InChI is InChI=1S/C23H18N2O2/c24-21-9-4-8-18(13-21)17-7-3-5-16(11-17)15-27-23(26)20-12-19-6-1-2-10-22(19)25-14-20/h1-14H,15,24H2. The zero-order valence-electron chi connectivity index (χ0n) is 14.6. The van der Waals surface area contributed by atoms with E-state index in [4.69, 9.17) is 10.5 Å². The molecule has 4 aromatic rings. The fourth-order valence-corrected chi connectivity index (χ4v) is 2.97. The summed E-state index contributed by atoms with van der Waals surface area (Å²) in [5.41, 5.74) is 10.8. The van der Waals surface area contributed by atoms with E-state index in [-0.39, 0.29) is 12.6 Å². The molecule has 0 bridgehead atoms. The third-order valence-corrected chi connectivity index (χ3v) is 4.34. The average Bonchev–Trinajstić information content (AvgIpc) is 2.72. The van der Waals surface area contributed by atoms with Crippen LogP contribution in [-0.4, -0.2) is 11.0 Å². The smallest absolute Gasteiger partial charge is 0.340 e. The number of anilines is 1. The van der Waals surface area contributed by atoms with Crippen LogP contribution < -0.4 is 5.73 Å². The van der Waals surface area contributed by atoms with Crippen molar-refractivity contribution in [2.24, 2.45) is 0 Å². The monoisotopic (exact) mass is 354 g/mol. The molecule has 27 heavy (non-hydrogen) atoms. The molecule has 0 atom stereocenters. The van der Waals surface area contributed by atoms with Gasteiger partial charge in [-0.1, -0.05) is 48.5 Å². The van der Waals surface area contributed by atoms with Gasteiger partial charge in [-0.2, -0.15) is 0 Å². The number of ether oxygens (including phenoxy) is 1. The summed E-state index contributed by atoms with van der Waals surface area (Å²) in [7, 11) is 0. The number of aromatic nitrogens is 1. The SMILES string of the molecule is Nc1cccc(-c2cccc(COC(=O)c3cnc4ccccc4c3)c2)c1. The molecule has 0 spiro atoms. The Balaban J connectivity index is 1.49. The van der Waals surface area contributed by atoms with E-state index in [0.717, 1.165) is 27.6 Å². The summed E-state index contributed by atoms with van der Waals surface area (Å²) in [6.45, 7) is 0.196. The van der Waals surface area contributed by atoms with Gasteiger partial charge in [0.1, 0.15) is 6.61 Å². The van der Waals surface area contributed by atoms with E-state index in [1.165, 1.54) is 0 Å². The predicted molar refractivity (Wildman–Crippen MR) is 107 cm³/mol. The van der Waals surface area contributed by atoms with Crippen LogP contribution in [0.15, 0.2) is 85.1 Å². The minimum atomic E-state index is -0.386. The number of benzene rings is 3. The molecule has 1 aromatic heterocycles. The van der Waals surface area contributed by atoms with E-state index in [9.17, 15) is 4.79 Å². The van der Waals surface area contributed by atoms with Gasteiger partial charge in [0.2, 0.25) is 0 Å². The Morgan fingerprint density at radius 1 is 0.889 bits per heavy atom. The van der Waals surface area contributed by atoms with Crippen molar-refractivity contribution in [1.29, 1.82) is 0 Å². The number of para-hydroxylation sites is 1. The second-order valence-corrected chi connectivity index (χ2v) is 6.32. The second kappa shape index (κ2) is 7.30. The molecule has 132 valence electrons. The Labute approximate surface area is 157 Å². The van der Waals surface area contributed by atoms with Gasteiger partial charge < -0.3 is 10.5 Å². The minimum absolute atomic E-state index is 0.196. The zero-order valence-corrected chi connectivity index (χ0v) is 14.6. The lowest BCUT2D eigenvalue weighted by atomic mass is 10.0. The summed E-state index contributed by atoms with van der Waals surface area (Å²) >= 11 is 0. The van der Waals surface area contributed by atoms with Gasteiger partial charge in [-0.3, -0.25) is 4.98 Å². The highest BCUT2D eigenvalue weighted by Gasteiger charge is 2.09. The molecule has 4 nitrogen and oxygen atoms in total. The molecular weight excluding hydrogens is 336 g/mol. The Hall–Kier alpha value is -3.66. The summed E-state index contributed by atoms with van der Waals surface area (Å²) in [5, 5.41) is 0.913. The van der Waals surface area contributed by atoms with Gasteiger partial charge in [-0.25, -0.2) is 4.79 Å². The van der Waals surface area contributed by atoms with Gasteiger partial charge in [0, 0.05) is 17.3 Å². The highest BCUT2D eigenvalue weighted by molar-refractivity contribution is 5.93. The molecule has 0 aliphatic rings. The third-order valence-electron chi connectivity index (χ3n) is 4.34. The summed E-state index contributed by atoms with van der Waals surface area (Å²) in [6.07, 6.45) is 1.55. The fraction of sp³-hybridized carbons (Fsp3) is 0.0435. The van der Waals surface area contributed by atoms with Crippen molar-refractivity contribution in [2.75, 3.05) is 5.73 Å². The summed E-state index contributed by atoms with van der Waals surface area (Å²) in [4.78, 5) is 16.7. The number of carbonyl (C=O) groups is 1. The van der Waals surface area contributed by atoms with E-state index < -0.39 is 0 Å². The van der Waals surface area contributed by atoms with Crippen LogP contribution in [0.3, 0.4) is 0 Å². The van der Waals surface area contributed by atoms with Crippen LogP contribution in [0.1, 0.15) is 15.9 Å². The minimum Gasteiger partial charge on any atom is -0.457 e. The maximum atomic E-state index is 12.4.